The van der Waals surface area contributed by atoms with Gasteiger partial charge >= 0.3 is 0 Å². The first-order chi connectivity index (χ1) is 5.55. The van der Waals surface area contributed by atoms with Crippen molar-refractivity contribution in [3.05, 3.63) is 0 Å². The molecule has 0 amide bonds. The van der Waals surface area contributed by atoms with E-state index in [4.69, 9.17) is 10.9 Å². The molecule has 0 aromatic carbocycles. The van der Waals surface area contributed by atoms with E-state index < -0.39 is 10.2 Å². The van der Waals surface area contributed by atoms with Crippen LogP contribution in [0, 0.1) is 0 Å². The Morgan fingerprint density at radius 1 is 1.58 bits per heavy atom. The summed E-state index contributed by atoms with van der Waals surface area (Å²) in [5, 5.41) is 8.04. The van der Waals surface area contributed by atoms with Crippen LogP contribution in [0.4, 0.5) is 0 Å². The Morgan fingerprint density at radius 2 is 2.25 bits per heavy atom. The van der Waals surface area contributed by atoms with E-state index >= 15 is 0 Å². The molecule has 0 aromatic heterocycles. The average Bonchev–Trinajstić information content (AvgIpc) is 2.03. The molecule has 1 atom stereocenters. The van der Waals surface area contributed by atoms with Crippen LogP contribution in [0.1, 0.15) is 0 Å². The Hall–Kier alpha value is -0.210. The highest BCUT2D eigenvalue weighted by molar-refractivity contribution is 7.86. The number of nitrogens with zero attached hydrogens (tertiary/aromatic N) is 1. The van der Waals surface area contributed by atoms with Gasteiger partial charge in [-0.1, -0.05) is 0 Å². The van der Waals surface area contributed by atoms with Gasteiger partial charge in [0.15, 0.2) is 0 Å². The van der Waals surface area contributed by atoms with Crippen molar-refractivity contribution in [3.8, 4) is 0 Å². The molecule has 0 spiro atoms. The van der Waals surface area contributed by atoms with Crippen molar-refractivity contribution < 1.29 is 8.42 Å². The molecule has 6 nitrogen and oxygen atoms in total. The fourth-order valence-corrected chi connectivity index (χ4v) is 2.20. The first kappa shape index (κ1) is 9.87. The monoisotopic (exact) mass is 194 g/mol. The molecule has 0 aromatic rings. The zero-order valence-corrected chi connectivity index (χ0v) is 7.55. The van der Waals surface area contributed by atoms with Crippen molar-refractivity contribution in [2.45, 2.75) is 6.04 Å². The zero-order chi connectivity index (χ0) is 9.19. The van der Waals surface area contributed by atoms with E-state index in [1.54, 1.807) is 0 Å². The second kappa shape index (κ2) is 3.67. The van der Waals surface area contributed by atoms with E-state index in [2.05, 4.69) is 5.32 Å². The van der Waals surface area contributed by atoms with Crippen molar-refractivity contribution in [2.24, 2.45) is 10.9 Å². The maximum atomic E-state index is 11.0. The highest BCUT2D eigenvalue weighted by Gasteiger charge is 2.28. The minimum atomic E-state index is -3.57. The van der Waals surface area contributed by atoms with Gasteiger partial charge in [-0.3, -0.25) is 0 Å². The molecule has 1 aliphatic rings. The molecule has 1 aliphatic heterocycles. The van der Waals surface area contributed by atoms with Gasteiger partial charge < -0.3 is 11.1 Å². The molecular weight excluding hydrogens is 180 g/mol. The molecular formula is C5H14N4O2S. The summed E-state index contributed by atoms with van der Waals surface area (Å²) in [6, 6.07) is -0.200. The third kappa shape index (κ3) is 2.14. The number of piperazine rings is 1. The van der Waals surface area contributed by atoms with Crippen LogP contribution in [0.3, 0.4) is 0 Å². The smallest absolute Gasteiger partial charge is 0.277 e. The number of rotatable bonds is 2. The van der Waals surface area contributed by atoms with Gasteiger partial charge in [-0.2, -0.15) is 12.7 Å². The van der Waals surface area contributed by atoms with Crippen molar-refractivity contribution in [3.63, 3.8) is 0 Å². The molecule has 0 saturated carbocycles. The summed E-state index contributed by atoms with van der Waals surface area (Å²) in [5.41, 5.74) is 5.39. The molecule has 0 bridgehead atoms. The van der Waals surface area contributed by atoms with Gasteiger partial charge in [0.05, 0.1) is 6.04 Å². The molecule has 0 aliphatic carbocycles. The molecule has 7 heteroatoms. The van der Waals surface area contributed by atoms with Gasteiger partial charge in [0.25, 0.3) is 10.2 Å². The Morgan fingerprint density at radius 3 is 2.67 bits per heavy atom. The Bertz CT molecular complexity index is 240. The van der Waals surface area contributed by atoms with Crippen molar-refractivity contribution >= 4 is 10.2 Å². The Labute approximate surface area is 72.1 Å². The van der Waals surface area contributed by atoms with Crippen LogP contribution < -0.4 is 16.2 Å². The predicted octanol–water partition coefficient (Wildman–Crippen LogP) is -2.58. The van der Waals surface area contributed by atoms with Crippen LogP contribution in [0.15, 0.2) is 0 Å². The predicted molar refractivity (Wildman–Crippen MR) is 45.5 cm³/mol. The normalized spacial score (nSPS) is 27.3. The highest BCUT2D eigenvalue weighted by atomic mass is 32.2. The summed E-state index contributed by atoms with van der Waals surface area (Å²) in [6.45, 7) is 1.91. The highest BCUT2D eigenvalue weighted by Crippen LogP contribution is 2.04. The number of nitrogens with two attached hydrogens (primary N) is 2. The van der Waals surface area contributed by atoms with Crippen molar-refractivity contribution in [1.29, 1.82) is 0 Å². The van der Waals surface area contributed by atoms with Crippen LogP contribution in [0.2, 0.25) is 0 Å². The summed E-state index contributed by atoms with van der Waals surface area (Å²) in [7, 11) is -3.57. The maximum Gasteiger partial charge on any atom is 0.277 e. The van der Waals surface area contributed by atoms with Gasteiger partial charge in [-0.25, -0.2) is 5.14 Å². The summed E-state index contributed by atoms with van der Waals surface area (Å²) in [6.07, 6.45) is 0. The SMILES string of the molecule is NCC1CNCCN1S(N)(=O)=O. The standard InChI is InChI=1S/C5H14N4O2S/c6-3-5-4-8-1-2-9(5)12(7,10)11/h5,8H,1-4,6H2,(H2,7,10,11). The summed E-state index contributed by atoms with van der Waals surface area (Å²) in [5.74, 6) is 0. The van der Waals surface area contributed by atoms with Gasteiger partial charge in [-0.05, 0) is 0 Å². The van der Waals surface area contributed by atoms with Gasteiger partial charge in [0, 0.05) is 26.2 Å². The van der Waals surface area contributed by atoms with Crippen LogP contribution >= 0.6 is 0 Å². The number of hydrogen-bond acceptors (Lipinski definition) is 4. The third-order valence-electron chi connectivity index (χ3n) is 1.90. The van der Waals surface area contributed by atoms with Crippen LogP contribution in [0.5, 0.6) is 0 Å². The Balaban J connectivity index is 2.72. The van der Waals surface area contributed by atoms with E-state index in [1.807, 2.05) is 0 Å². The van der Waals surface area contributed by atoms with E-state index in [-0.39, 0.29) is 6.04 Å². The molecule has 12 heavy (non-hydrogen) atoms. The fourth-order valence-electron chi connectivity index (χ4n) is 1.28. The lowest BCUT2D eigenvalue weighted by molar-refractivity contribution is 0.273. The molecule has 1 saturated heterocycles. The van der Waals surface area contributed by atoms with Gasteiger partial charge in [-0.15, -0.1) is 0 Å². The largest absolute Gasteiger partial charge is 0.329 e. The minimum Gasteiger partial charge on any atom is -0.329 e. The second-order valence-corrected chi connectivity index (χ2v) is 4.25. The lowest BCUT2D eigenvalue weighted by Crippen LogP contribution is -2.57. The topological polar surface area (TPSA) is 101 Å². The lowest BCUT2D eigenvalue weighted by Gasteiger charge is -2.32. The van der Waals surface area contributed by atoms with Gasteiger partial charge in [0.2, 0.25) is 0 Å². The van der Waals surface area contributed by atoms with E-state index in [0.717, 1.165) is 0 Å². The molecule has 1 heterocycles. The third-order valence-corrected chi connectivity index (χ3v) is 3.03. The lowest BCUT2D eigenvalue weighted by atomic mass is 10.2. The molecule has 72 valence electrons. The zero-order valence-electron chi connectivity index (χ0n) is 6.73. The van der Waals surface area contributed by atoms with Crippen LogP contribution in [0.25, 0.3) is 0 Å². The number of hydrogen-bond donors (Lipinski definition) is 3. The van der Waals surface area contributed by atoms with Crippen LogP contribution in [-0.2, 0) is 10.2 Å². The summed E-state index contributed by atoms with van der Waals surface area (Å²) in [4.78, 5) is 0. The molecule has 1 fully saturated rings. The molecule has 1 rings (SSSR count). The van der Waals surface area contributed by atoms with E-state index in [9.17, 15) is 8.42 Å². The molecule has 1 unspecified atom stereocenters. The molecule has 0 radical (unpaired) electrons. The average molecular weight is 194 g/mol. The van der Waals surface area contributed by atoms with Gasteiger partial charge in [0.1, 0.15) is 0 Å². The van der Waals surface area contributed by atoms with E-state index in [0.29, 0.717) is 26.2 Å². The first-order valence-corrected chi connectivity index (χ1v) is 5.26. The summed E-state index contributed by atoms with van der Waals surface area (Å²) >= 11 is 0. The first-order valence-electron chi connectivity index (χ1n) is 3.76. The minimum absolute atomic E-state index is 0.200. The summed E-state index contributed by atoms with van der Waals surface area (Å²) < 4.78 is 23.2. The Kier molecular flexibility index (Phi) is 3.02. The quantitative estimate of drug-likeness (QED) is 0.449. The fraction of sp³-hybridized carbons (Fsp3) is 1.00. The molecule has 5 N–H and O–H groups in total. The second-order valence-electron chi connectivity index (χ2n) is 2.75. The number of nitrogens with one attached hydrogen (secondary N) is 1. The van der Waals surface area contributed by atoms with E-state index in [1.165, 1.54) is 4.31 Å². The van der Waals surface area contributed by atoms with Crippen LogP contribution in [-0.4, -0.2) is 44.9 Å². The van der Waals surface area contributed by atoms with Crippen molar-refractivity contribution in [1.82, 2.24) is 9.62 Å². The van der Waals surface area contributed by atoms with Crippen molar-refractivity contribution in [2.75, 3.05) is 26.2 Å². The maximum absolute atomic E-state index is 11.0.